The lowest BCUT2D eigenvalue weighted by atomic mass is 9.80. The van der Waals surface area contributed by atoms with Gasteiger partial charge in [-0.1, -0.05) is 13.0 Å². The minimum atomic E-state index is 0.109. The molecule has 12 heavy (non-hydrogen) atoms. The molecule has 2 rings (SSSR count). The van der Waals surface area contributed by atoms with Crippen LogP contribution < -0.4 is 0 Å². The van der Waals surface area contributed by atoms with Crippen molar-refractivity contribution in [3.8, 4) is 0 Å². The topological polar surface area (TPSA) is 17.1 Å². The van der Waals surface area contributed by atoms with Crippen LogP contribution in [0.5, 0.6) is 0 Å². The number of ketones is 1. The molecular formula is C11H16O. The van der Waals surface area contributed by atoms with Crippen molar-refractivity contribution in [1.29, 1.82) is 0 Å². The molecule has 1 heteroatoms. The van der Waals surface area contributed by atoms with E-state index >= 15 is 0 Å². The van der Waals surface area contributed by atoms with Crippen LogP contribution in [0, 0.1) is 17.3 Å². The summed E-state index contributed by atoms with van der Waals surface area (Å²) in [6, 6.07) is 0. The van der Waals surface area contributed by atoms with Gasteiger partial charge in [0.05, 0.1) is 0 Å². The third-order valence-corrected chi connectivity index (χ3v) is 3.64. The highest BCUT2D eigenvalue weighted by Crippen LogP contribution is 2.60. The van der Waals surface area contributed by atoms with E-state index in [-0.39, 0.29) is 5.41 Å². The molecule has 0 aliphatic heterocycles. The predicted octanol–water partition coefficient (Wildman–Crippen LogP) is 2.57. The van der Waals surface area contributed by atoms with Crippen molar-refractivity contribution in [2.45, 2.75) is 32.6 Å². The molecule has 0 N–H and O–H groups in total. The van der Waals surface area contributed by atoms with Crippen molar-refractivity contribution >= 4 is 5.78 Å². The highest BCUT2D eigenvalue weighted by atomic mass is 16.1. The number of fused-ring (bicyclic) bond motifs is 1. The Bertz CT molecular complexity index is 231. The third kappa shape index (κ3) is 1.03. The van der Waals surface area contributed by atoms with Crippen molar-refractivity contribution in [3.05, 3.63) is 12.7 Å². The Morgan fingerprint density at radius 1 is 1.75 bits per heavy atom. The van der Waals surface area contributed by atoms with Crippen LogP contribution in [0.4, 0.5) is 0 Å². The smallest absolute Gasteiger partial charge is 0.139 e. The molecule has 0 radical (unpaired) electrons. The van der Waals surface area contributed by atoms with Gasteiger partial charge in [0.15, 0.2) is 0 Å². The second-order valence-corrected chi connectivity index (χ2v) is 4.57. The summed E-state index contributed by atoms with van der Waals surface area (Å²) in [6.45, 7) is 5.85. The van der Waals surface area contributed by atoms with Crippen LogP contribution in [0.3, 0.4) is 0 Å². The van der Waals surface area contributed by atoms with E-state index in [2.05, 4.69) is 13.5 Å². The molecule has 0 saturated heterocycles. The molecule has 2 aliphatic carbocycles. The second kappa shape index (κ2) is 2.45. The summed E-state index contributed by atoms with van der Waals surface area (Å²) in [5.74, 6) is 1.82. The lowest BCUT2D eigenvalue weighted by Crippen LogP contribution is -2.24. The van der Waals surface area contributed by atoms with Gasteiger partial charge in [-0.2, -0.15) is 0 Å². The first-order valence-corrected chi connectivity index (χ1v) is 4.81. The van der Waals surface area contributed by atoms with Crippen molar-refractivity contribution in [2.24, 2.45) is 17.3 Å². The van der Waals surface area contributed by atoms with E-state index in [1.54, 1.807) is 0 Å². The molecule has 2 aliphatic rings. The number of rotatable bonds is 2. The Balaban J connectivity index is 2.02. The maximum absolute atomic E-state index is 11.6. The van der Waals surface area contributed by atoms with Crippen molar-refractivity contribution < 1.29 is 4.79 Å². The average Bonchev–Trinajstić information content (AvgIpc) is 2.63. The minimum absolute atomic E-state index is 0.109. The first kappa shape index (κ1) is 8.03. The zero-order valence-corrected chi connectivity index (χ0v) is 7.68. The van der Waals surface area contributed by atoms with Gasteiger partial charge in [-0.25, -0.2) is 0 Å². The fraction of sp³-hybridized carbons (Fsp3) is 0.727. The van der Waals surface area contributed by atoms with Gasteiger partial charge in [-0.05, 0) is 31.1 Å². The highest BCUT2D eigenvalue weighted by Gasteiger charge is 2.58. The molecule has 2 fully saturated rings. The van der Waals surface area contributed by atoms with Gasteiger partial charge < -0.3 is 0 Å². The summed E-state index contributed by atoms with van der Waals surface area (Å²) in [5.41, 5.74) is 0.109. The van der Waals surface area contributed by atoms with Crippen molar-refractivity contribution in [2.75, 3.05) is 0 Å². The predicted molar refractivity (Wildman–Crippen MR) is 48.8 cm³/mol. The van der Waals surface area contributed by atoms with E-state index in [4.69, 9.17) is 0 Å². The Morgan fingerprint density at radius 3 is 3.08 bits per heavy atom. The molecule has 3 atom stereocenters. The normalized spacial score (nSPS) is 45.2. The zero-order valence-electron chi connectivity index (χ0n) is 7.68. The Hall–Kier alpha value is -0.590. The lowest BCUT2D eigenvalue weighted by molar-refractivity contribution is -0.126. The average molecular weight is 164 g/mol. The SMILES string of the molecule is C=CC[C@H]1CC(=O)[C@@]2(C)C[C@@H]2C1. The van der Waals surface area contributed by atoms with Gasteiger partial charge in [0.2, 0.25) is 0 Å². The van der Waals surface area contributed by atoms with Crippen LogP contribution in [0.25, 0.3) is 0 Å². The first-order valence-electron chi connectivity index (χ1n) is 4.81. The Kier molecular flexibility index (Phi) is 1.64. The summed E-state index contributed by atoms with van der Waals surface area (Å²) >= 11 is 0. The Morgan fingerprint density at radius 2 is 2.50 bits per heavy atom. The van der Waals surface area contributed by atoms with Crippen LogP contribution in [0.15, 0.2) is 12.7 Å². The van der Waals surface area contributed by atoms with Gasteiger partial charge in [-0.15, -0.1) is 6.58 Å². The van der Waals surface area contributed by atoms with Crippen LogP contribution in [0.2, 0.25) is 0 Å². The summed E-state index contributed by atoms with van der Waals surface area (Å²) in [7, 11) is 0. The monoisotopic (exact) mass is 164 g/mol. The van der Waals surface area contributed by atoms with Crippen molar-refractivity contribution in [3.63, 3.8) is 0 Å². The molecule has 0 amide bonds. The maximum Gasteiger partial charge on any atom is 0.139 e. The fourth-order valence-electron chi connectivity index (χ4n) is 2.53. The summed E-state index contributed by atoms with van der Waals surface area (Å²) in [6.07, 6.45) is 6.19. The number of Topliss-reactive ketones (excluding diaryl/α,β-unsaturated/α-hetero) is 1. The molecule has 1 nitrogen and oxygen atoms in total. The van der Waals surface area contributed by atoms with Gasteiger partial charge >= 0.3 is 0 Å². The highest BCUT2D eigenvalue weighted by molar-refractivity contribution is 5.88. The fourth-order valence-corrected chi connectivity index (χ4v) is 2.53. The largest absolute Gasteiger partial charge is 0.299 e. The maximum atomic E-state index is 11.6. The van der Waals surface area contributed by atoms with Gasteiger partial charge in [0.25, 0.3) is 0 Å². The first-order chi connectivity index (χ1) is 5.66. The summed E-state index contributed by atoms with van der Waals surface area (Å²) in [4.78, 5) is 11.6. The molecule has 2 saturated carbocycles. The van der Waals surface area contributed by atoms with Crippen LogP contribution in [0.1, 0.15) is 32.6 Å². The molecule has 0 unspecified atom stereocenters. The van der Waals surface area contributed by atoms with E-state index in [0.717, 1.165) is 19.3 Å². The Labute approximate surface area is 73.8 Å². The number of carbonyl (C=O) groups is 1. The third-order valence-electron chi connectivity index (χ3n) is 3.64. The summed E-state index contributed by atoms with van der Waals surface area (Å²) in [5, 5.41) is 0. The van der Waals surface area contributed by atoms with Gasteiger partial charge in [0.1, 0.15) is 5.78 Å². The van der Waals surface area contributed by atoms with Crippen LogP contribution >= 0.6 is 0 Å². The standard InChI is InChI=1S/C11H16O/c1-3-4-8-5-9-7-11(9,2)10(12)6-8/h3,8-9H,1,4-7H2,2H3/t8-,9+,11+/m1/s1. The van der Waals surface area contributed by atoms with Gasteiger partial charge in [-0.3, -0.25) is 4.79 Å². The van der Waals surface area contributed by atoms with Gasteiger partial charge in [0, 0.05) is 11.8 Å². The van der Waals surface area contributed by atoms with E-state index in [1.165, 1.54) is 6.42 Å². The molecule has 66 valence electrons. The molecule has 0 aromatic carbocycles. The quantitative estimate of drug-likeness (QED) is 0.573. The molecule has 0 aromatic heterocycles. The number of hydrogen-bond acceptors (Lipinski definition) is 1. The molecule has 0 bridgehead atoms. The second-order valence-electron chi connectivity index (χ2n) is 4.57. The zero-order chi connectivity index (χ0) is 8.77. The van der Waals surface area contributed by atoms with Crippen LogP contribution in [-0.2, 0) is 4.79 Å². The van der Waals surface area contributed by atoms with Crippen molar-refractivity contribution in [1.82, 2.24) is 0 Å². The molecule has 0 aromatic rings. The van der Waals surface area contributed by atoms with E-state index in [0.29, 0.717) is 17.6 Å². The number of carbonyl (C=O) groups excluding carboxylic acids is 1. The lowest BCUT2D eigenvalue weighted by Gasteiger charge is -2.23. The van der Waals surface area contributed by atoms with E-state index < -0.39 is 0 Å². The van der Waals surface area contributed by atoms with E-state index in [1.807, 2.05) is 6.08 Å². The number of allylic oxidation sites excluding steroid dienone is 1. The summed E-state index contributed by atoms with van der Waals surface area (Å²) < 4.78 is 0. The number of hydrogen-bond donors (Lipinski definition) is 0. The molecular weight excluding hydrogens is 148 g/mol. The molecule has 0 heterocycles. The van der Waals surface area contributed by atoms with E-state index in [9.17, 15) is 4.79 Å². The van der Waals surface area contributed by atoms with Crippen LogP contribution in [-0.4, -0.2) is 5.78 Å². The molecule has 0 spiro atoms. The minimum Gasteiger partial charge on any atom is -0.299 e.